The van der Waals surface area contributed by atoms with Crippen LogP contribution in [0.15, 0.2) is 27.5 Å². The lowest BCUT2D eigenvalue weighted by molar-refractivity contribution is -0.132. The fraction of sp³-hybridized carbons (Fsp3) is 0.647. The summed E-state index contributed by atoms with van der Waals surface area (Å²) in [4.78, 5) is 37.6. The maximum Gasteiger partial charge on any atom is 0.257 e. The number of aryl methyl sites for hydroxylation is 1. The third-order valence-corrected chi connectivity index (χ3v) is 9.96. The smallest absolute Gasteiger partial charge is 0.257 e. The van der Waals surface area contributed by atoms with Gasteiger partial charge in [-0.3, -0.25) is 14.2 Å². The van der Waals surface area contributed by atoms with Crippen molar-refractivity contribution < 1.29 is 18.4 Å². The van der Waals surface area contributed by atoms with Crippen LogP contribution in [-0.4, -0.2) is 94.8 Å². The molecule has 11 heteroatoms. The zero-order chi connectivity index (χ0) is 31.3. The standard InChI is InChI=1S/C34H47FN6O4/c1-24-27(13-17-39-15-11-25(12-16-39)32-28-10-9-26(35)23-30(28)45-37-32)34(43)41-14-6-7-29(33(41)36-24)44-22-5-3-4-8-31(42)40-20-18-38(2)19-21-40/h9-10,23,25,29H,3-8,11-22H2,1-2H3. The maximum atomic E-state index is 13.6. The molecule has 0 saturated carbocycles. The number of rotatable bonds is 11. The summed E-state index contributed by atoms with van der Waals surface area (Å²) in [6, 6.07) is 4.62. The minimum Gasteiger partial charge on any atom is -0.370 e. The number of aromatic nitrogens is 3. The van der Waals surface area contributed by atoms with Gasteiger partial charge in [-0.2, -0.15) is 0 Å². The van der Waals surface area contributed by atoms with Crippen LogP contribution in [0.25, 0.3) is 11.0 Å². The third-order valence-electron chi connectivity index (χ3n) is 9.96. The second-order valence-electron chi connectivity index (χ2n) is 13.1. The summed E-state index contributed by atoms with van der Waals surface area (Å²) in [7, 11) is 2.10. The van der Waals surface area contributed by atoms with E-state index in [-0.39, 0.29) is 29.3 Å². The number of unbranched alkanes of at least 4 members (excludes halogenated alkanes) is 2. The van der Waals surface area contributed by atoms with Crippen LogP contribution in [0.3, 0.4) is 0 Å². The molecule has 1 amide bonds. The number of halogens is 1. The largest absolute Gasteiger partial charge is 0.370 e. The number of ether oxygens (including phenoxy) is 1. The molecule has 244 valence electrons. The van der Waals surface area contributed by atoms with E-state index in [1.807, 2.05) is 16.4 Å². The summed E-state index contributed by atoms with van der Waals surface area (Å²) in [5, 5.41) is 5.16. The third kappa shape index (κ3) is 7.47. The molecule has 0 bridgehead atoms. The molecule has 0 aliphatic carbocycles. The summed E-state index contributed by atoms with van der Waals surface area (Å²) in [5.41, 5.74) is 3.10. The van der Waals surface area contributed by atoms with Crippen molar-refractivity contribution >= 4 is 16.9 Å². The highest BCUT2D eigenvalue weighted by Crippen LogP contribution is 2.33. The average Bonchev–Trinajstić information content (AvgIpc) is 3.46. The molecule has 0 spiro atoms. The Hall–Kier alpha value is -3.15. The van der Waals surface area contributed by atoms with Crippen LogP contribution in [0, 0.1) is 12.7 Å². The number of fused-ring (bicyclic) bond motifs is 2. The molecule has 2 aromatic heterocycles. The Balaban J connectivity index is 0.960. The van der Waals surface area contributed by atoms with Crippen molar-refractivity contribution in [3.8, 4) is 0 Å². The highest BCUT2D eigenvalue weighted by Gasteiger charge is 2.28. The first-order valence-corrected chi connectivity index (χ1v) is 16.8. The van der Waals surface area contributed by atoms with Gasteiger partial charge >= 0.3 is 0 Å². The fourth-order valence-electron chi connectivity index (χ4n) is 7.11. The molecule has 10 nitrogen and oxygen atoms in total. The Labute approximate surface area is 264 Å². The van der Waals surface area contributed by atoms with Crippen LogP contribution in [0.2, 0.25) is 0 Å². The number of piperidine rings is 1. The second-order valence-corrected chi connectivity index (χ2v) is 13.1. The number of carbonyl (C=O) groups excluding carboxylic acids is 1. The molecule has 2 saturated heterocycles. The van der Waals surface area contributed by atoms with Crippen LogP contribution >= 0.6 is 0 Å². The van der Waals surface area contributed by atoms with Crippen LogP contribution in [0.5, 0.6) is 0 Å². The van der Waals surface area contributed by atoms with Gasteiger partial charge in [0, 0.05) is 80.9 Å². The summed E-state index contributed by atoms with van der Waals surface area (Å²) >= 11 is 0. The molecule has 2 fully saturated rings. The van der Waals surface area contributed by atoms with Gasteiger partial charge in [0.1, 0.15) is 17.7 Å². The van der Waals surface area contributed by atoms with Crippen LogP contribution < -0.4 is 5.56 Å². The molecule has 5 heterocycles. The molecule has 3 aliphatic heterocycles. The van der Waals surface area contributed by atoms with E-state index in [1.165, 1.54) is 12.1 Å². The number of carbonyl (C=O) groups is 1. The van der Waals surface area contributed by atoms with E-state index < -0.39 is 0 Å². The fourth-order valence-corrected chi connectivity index (χ4v) is 7.11. The topological polar surface area (TPSA) is 96.9 Å². The van der Waals surface area contributed by atoms with Gasteiger partial charge in [-0.15, -0.1) is 0 Å². The zero-order valence-corrected chi connectivity index (χ0v) is 26.8. The number of piperazine rings is 1. The number of hydrogen-bond acceptors (Lipinski definition) is 8. The number of likely N-dealkylation sites (tertiary alicyclic amines) is 1. The zero-order valence-electron chi connectivity index (χ0n) is 26.8. The molecule has 0 radical (unpaired) electrons. The lowest BCUT2D eigenvalue weighted by atomic mass is 9.91. The summed E-state index contributed by atoms with van der Waals surface area (Å²) in [6.07, 6.45) is 7.53. The number of nitrogens with zero attached hydrogens (tertiary/aromatic N) is 6. The Kier molecular flexibility index (Phi) is 10.3. The summed E-state index contributed by atoms with van der Waals surface area (Å²) < 4.78 is 27.0. The first kappa shape index (κ1) is 31.8. The van der Waals surface area contributed by atoms with Crippen LogP contribution in [0.4, 0.5) is 4.39 Å². The Morgan fingerprint density at radius 2 is 1.84 bits per heavy atom. The molecule has 0 N–H and O–H groups in total. The Morgan fingerprint density at radius 3 is 2.64 bits per heavy atom. The first-order valence-electron chi connectivity index (χ1n) is 16.8. The van der Waals surface area contributed by atoms with Crippen molar-refractivity contribution in [2.75, 3.05) is 59.5 Å². The average molecular weight is 623 g/mol. The van der Waals surface area contributed by atoms with Crippen molar-refractivity contribution in [2.24, 2.45) is 0 Å². The molecule has 45 heavy (non-hydrogen) atoms. The van der Waals surface area contributed by atoms with Gasteiger partial charge in [0.05, 0.1) is 5.69 Å². The Bertz CT molecular complexity index is 1520. The monoisotopic (exact) mass is 622 g/mol. The molecule has 6 rings (SSSR count). The number of hydrogen-bond donors (Lipinski definition) is 0. The summed E-state index contributed by atoms with van der Waals surface area (Å²) in [5.74, 6) is 0.998. The van der Waals surface area contributed by atoms with E-state index in [9.17, 15) is 14.0 Å². The molecular formula is C34H47FN6O4. The number of amides is 1. The lowest BCUT2D eigenvalue weighted by Gasteiger charge is -2.32. The maximum absolute atomic E-state index is 13.6. The van der Waals surface area contributed by atoms with Crippen molar-refractivity contribution in [2.45, 2.75) is 83.3 Å². The highest BCUT2D eigenvalue weighted by molar-refractivity contribution is 5.80. The van der Waals surface area contributed by atoms with Crippen molar-refractivity contribution in [3.63, 3.8) is 0 Å². The highest BCUT2D eigenvalue weighted by atomic mass is 19.1. The normalized spacial score (nSPS) is 20.2. The molecule has 1 aromatic carbocycles. The SMILES string of the molecule is Cc1nc2n(c(=O)c1CCN1CCC(c3noc4cc(F)ccc34)CC1)CCCC2OCCCCCC(=O)N1CCN(C)CC1. The molecule has 3 aliphatic rings. The van der Waals surface area contributed by atoms with Gasteiger partial charge in [0.15, 0.2) is 5.58 Å². The van der Waals surface area contributed by atoms with Crippen LogP contribution in [-0.2, 0) is 22.5 Å². The summed E-state index contributed by atoms with van der Waals surface area (Å²) in [6.45, 7) is 9.46. The number of benzene rings is 1. The van der Waals surface area contributed by atoms with Gasteiger partial charge in [-0.05, 0) is 84.1 Å². The predicted octanol–water partition coefficient (Wildman–Crippen LogP) is 4.44. The van der Waals surface area contributed by atoms with E-state index in [0.29, 0.717) is 31.6 Å². The van der Waals surface area contributed by atoms with E-state index in [2.05, 4.69) is 22.0 Å². The minimum absolute atomic E-state index is 0.0735. The second kappa shape index (κ2) is 14.5. The van der Waals surface area contributed by atoms with Crippen molar-refractivity contribution in [3.05, 3.63) is 57.1 Å². The minimum atomic E-state index is -0.316. The molecule has 1 unspecified atom stereocenters. The lowest BCUT2D eigenvalue weighted by Crippen LogP contribution is -2.47. The van der Waals surface area contributed by atoms with Crippen LogP contribution in [0.1, 0.15) is 86.2 Å². The van der Waals surface area contributed by atoms with E-state index in [4.69, 9.17) is 14.2 Å². The Morgan fingerprint density at radius 1 is 1.04 bits per heavy atom. The van der Waals surface area contributed by atoms with E-state index in [1.54, 1.807) is 6.07 Å². The molecule has 3 aromatic rings. The van der Waals surface area contributed by atoms with Crippen molar-refractivity contribution in [1.82, 2.24) is 29.4 Å². The predicted molar refractivity (Wildman–Crippen MR) is 170 cm³/mol. The van der Waals surface area contributed by atoms with Crippen molar-refractivity contribution in [1.29, 1.82) is 0 Å². The van der Waals surface area contributed by atoms with E-state index in [0.717, 1.165) is 119 Å². The van der Waals surface area contributed by atoms with Gasteiger partial charge in [-0.1, -0.05) is 11.6 Å². The van der Waals surface area contributed by atoms with Gasteiger partial charge in [0.2, 0.25) is 5.91 Å². The first-order chi connectivity index (χ1) is 21.9. The molecular weight excluding hydrogens is 575 g/mol. The van der Waals surface area contributed by atoms with E-state index >= 15 is 0 Å². The van der Waals surface area contributed by atoms with Gasteiger partial charge in [-0.25, -0.2) is 9.37 Å². The van der Waals surface area contributed by atoms with Gasteiger partial charge < -0.3 is 24.0 Å². The van der Waals surface area contributed by atoms with Gasteiger partial charge in [0.25, 0.3) is 5.56 Å². The quantitative estimate of drug-likeness (QED) is 0.290. The number of likely N-dealkylation sites (N-methyl/N-ethyl adjacent to an activating group) is 1. The molecule has 1 atom stereocenters.